The molecule has 0 aromatic carbocycles. The van der Waals surface area contributed by atoms with Gasteiger partial charge in [-0.05, 0) is 0 Å². The molecule has 0 spiro atoms. The van der Waals surface area contributed by atoms with Crippen molar-refractivity contribution < 1.29 is 9.59 Å². The number of aromatic nitrogens is 3. The fraction of sp³-hybridized carbons (Fsp3) is 0.600. The molecule has 2 heterocycles. The molecule has 2 amide bonds. The largest absolute Gasteiger partial charge is 0.355 e. The van der Waals surface area contributed by atoms with Gasteiger partial charge in [0.25, 0.3) is 0 Å². The molecule has 1 unspecified atom stereocenters. The van der Waals surface area contributed by atoms with E-state index in [1.54, 1.807) is 18.1 Å². The number of carbonyl (C=O) groups excluding carboxylic acids is 2. The molecule has 0 aliphatic carbocycles. The van der Waals surface area contributed by atoms with Gasteiger partial charge in [0.15, 0.2) is 5.82 Å². The summed E-state index contributed by atoms with van der Waals surface area (Å²) in [6.45, 7) is 0.931. The zero-order valence-corrected chi connectivity index (χ0v) is 9.64. The van der Waals surface area contributed by atoms with E-state index in [2.05, 4.69) is 20.7 Å². The first-order valence-electron chi connectivity index (χ1n) is 5.54. The third kappa shape index (κ3) is 3.02. The molecule has 2 N–H and O–H groups in total. The van der Waals surface area contributed by atoms with E-state index in [1.165, 1.54) is 0 Å². The Balaban J connectivity index is 1.71. The van der Waals surface area contributed by atoms with Crippen LogP contribution in [0.4, 0.5) is 0 Å². The van der Waals surface area contributed by atoms with Crippen LogP contribution in [0, 0.1) is 5.92 Å². The van der Waals surface area contributed by atoms with Crippen LogP contribution >= 0.6 is 0 Å². The Bertz CT molecular complexity index is 428. The second-order valence-corrected chi connectivity index (χ2v) is 4.08. The molecule has 92 valence electrons. The molecule has 1 aromatic heterocycles. The SMILES string of the molecule is Cn1cnc(CCNC(=O)C2CNC(=O)C2)n1. The van der Waals surface area contributed by atoms with Gasteiger partial charge < -0.3 is 10.6 Å². The first-order valence-corrected chi connectivity index (χ1v) is 5.54. The van der Waals surface area contributed by atoms with Crippen LogP contribution < -0.4 is 10.6 Å². The Morgan fingerprint density at radius 1 is 1.71 bits per heavy atom. The van der Waals surface area contributed by atoms with Crippen LogP contribution in [0.2, 0.25) is 0 Å². The van der Waals surface area contributed by atoms with E-state index >= 15 is 0 Å². The van der Waals surface area contributed by atoms with Crippen molar-refractivity contribution in [3.63, 3.8) is 0 Å². The van der Waals surface area contributed by atoms with Gasteiger partial charge in [-0.15, -0.1) is 0 Å². The number of amides is 2. The number of hydrogen-bond acceptors (Lipinski definition) is 4. The van der Waals surface area contributed by atoms with Crippen LogP contribution in [0.15, 0.2) is 6.33 Å². The average molecular weight is 237 g/mol. The van der Waals surface area contributed by atoms with Crippen LogP contribution in [0.5, 0.6) is 0 Å². The lowest BCUT2D eigenvalue weighted by Crippen LogP contribution is -2.33. The van der Waals surface area contributed by atoms with Crippen LogP contribution in [0.3, 0.4) is 0 Å². The number of carbonyl (C=O) groups is 2. The van der Waals surface area contributed by atoms with E-state index < -0.39 is 0 Å². The molecule has 1 saturated heterocycles. The zero-order valence-electron chi connectivity index (χ0n) is 9.64. The lowest BCUT2D eigenvalue weighted by molar-refractivity contribution is -0.126. The van der Waals surface area contributed by atoms with Crippen LogP contribution in [-0.4, -0.2) is 39.7 Å². The summed E-state index contributed by atoms with van der Waals surface area (Å²) in [6, 6.07) is 0. The lowest BCUT2D eigenvalue weighted by atomic mass is 10.1. The van der Waals surface area contributed by atoms with Crippen molar-refractivity contribution >= 4 is 11.8 Å². The third-order valence-electron chi connectivity index (χ3n) is 2.64. The normalized spacial score (nSPS) is 19.1. The fourth-order valence-electron chi connectivity index (χ4n) is 1.73. The molecule has 1 aromatic rings. The molecule has 0 bridgehead atoms. The Labute approximate surface area is 98.6 Å². The highest BCUT2D eigenvalue weighted by molar-refractivity contribution is 5.89. The molecule has 0 radical (unpaired) electrons. The average Bonchev–Trinajstić information content (AvgIpc) is 2.88. The molecule has 1 atom stereocenters. The van der Waals surface area contributed by atoms with Gasteiger partial charge in [-0.2, -0.15) is 5.10 Å². The van der Waals surface area contributed by atoms with E-state index in [1.807, 2.05) is 0 Å². The first kappa shape index (κ1) is 11.6. The summed E-state index contributed by atoms with van der Waals surface area (Å²) in [7, 11) is 1.80. The number of hydrogen-bond donors (Lipinski definition) is 2. The van der Waals surface area contributed by atoms with E-state index in [-0.39, 0.29) is 24.2 Å². The van der Waals surface area contributed by atoms with Gasteiger partial charge in [-0.1, -0.05) is 0 Å². The molecule has 1 fully saturated rings. The van der Waals surface area contributed by atoms with Crippen molar-refractivity contribution in [2.24, 2.45) is 13.0 Å². The molecular formula is C10H15N5O2. The molecule has 17 heavy (non-hydrogen) atoms. The predicted molar refractivity (Wildman–Crippen MR) is 58.8 cm³/mol. The number of nitrogens with zero attached hydrogens (tertiary/aromatic N) is 3. The van der Waals surface area contributed by atoms with Gasteiger partial charge in [-0.25, -0.2) is 4.98 Å². The predicted octanol–water partition coefficient (Wildman–Crippen LogP) is -1.39. The Kier molecular flexibility index (Phi) is 3.36. The smallest absolute Gasteiger partial charge is 0.225 e. The van der Waals surface area contributed by atoms with Crippen molar-refractivity contribution in [3.8, 4) is 0 Å². The molecule has 1 aliphatic heterocycles. The van der Waals surface area contributed by atoms with E-state index in [0.29, 0.717) is 25.3 Å². The quantitative estimate of drug-likeness (QED) is 0.674. The van der Waals surface area contributed by atoms with Gasteiger partial charge >= 0.3 is 0 Å². The highest BCUT2D eigenvalue weighted by Crippen LogP contribution is 2.08. The number of nitrogens with one attached hydrogen (secondary N) is 2. The minimum atomic E-state index is -0.237. The maximum Gasteiger partial charge on any atom is 0.225 e. The third-order valence-corrected chi connectivity index (χ3v) is 2.64. The highest BCUT2D eigenvalue weighted by Gasteiger charge is 2.27. The van der Waals surface area contributed by atoms with Crippen molar-refractivity contribution in [1.82, 2.24) is 25.4 Å². The van der Waals surface area contributed by atoms with E-state index in [4.69, 9.17) is 0 Å². The second kappa shape index (κ2) is 4.94. The monoisotopic (exact) mass is 237 g/mol. The molecular weight excluding hydrogens is 222 g/mol. The summed E-state index contributed by atoms with van der Waals surface area (Å²) in [5.74, 6) is 0.323. The topological polar surface area (TPSA) is 88.9 Å². The molecule has 7 heteroatoms. The first-order chi connectivity index (χ1) is 8.15. The van der Waals surface area contributed by atoms with Crippen molar-refractivity contribution in [3.05, 3.63) is 12.2 Å². The van der Waals surface area contributed by atoms with Crippen molar-refractivity contribution in [2.75, 3.05) is 13.1 Å². The van der Waals surface area contributed by atoms with Gasteiger partial charge in [0.05, 0.1) is 5.92 Å². The molecule has 2 rings (SSSR count). The van der Waals surface area contributed by atoms with E-state index in [9.17, 15) is 9.59 Å². The maximum atomic E-state index is 11.6. The lowest BCUT2D eigenvalue weighted by Gasteiger charge is -2.07. The fourth-order valence-corrected chi connectivity index (χ4v) is 1.73. The zero-order chi connectivity index (χ0) is 12.3. The van der Waals surface area contributed by atoms with Gasteiger partial charge in [0.1, 0.15) is 6.33 Å². The Hall–Kier alpha value is -1.92. The summed E-state index contributed by atoms with van der Waals surface area (Å²) >= 11 is 0. The minimum Gasteiger partial charge on any atom is -0.355 e. The second-order valence-electron chi connectivity index (χ2n) is 4.08. The van der Waals surface area contributed by atoms with Gasteiger partial charge in [-0.3, -0.25) is 14.3 Å². The standard InChI is InChI=1S/C10H15N5O2/c1-15-6-13-8(14-15)2-3-11-10(17)7-4-9(16)12-5-7/h6-7H,2-5H2,1H3,(H,11,17)(H,12,16). The molecule has 7 nitrogen and oxygen atoms in total. The Morgan fingerprint density at radius 2 is 2.53 bits per heavy atom. The summed E-state index contributed by atoms with van der Waals surface area (Å²) in [4.78, 5) is 26.6. The van der Waals surface area contributed by atoms with Crippen molar-refractivity contribution in [2.45, 2.75) is 12.8 Å². The summed E-state index contributed by atoms with van der Waals surface area (Å²) in [5.41, 5.74) is 0. The van der Waals surface area contributed by atoms with Crippen LogP contribution in [-0.2, 0) is 23.1 Å². The number of rotatable bonds is 4. The van der Waals surface area contributed by atoms with Gasteiger partial charge in [0, 0.05) is 33.0 Å². The van der Waals surface area contributed by atoms with Gasteiger partial charge in [0.2, 0.25) is 11.8 Å². The molecule has 1 aliphatic rings. The highest BCUT2D eigenvalue weighted by atomic mass is 16.2. The Morgan fingerprint density at radius 3 is 3.12 bits per heavy atom. The van der Waals surface area contributed by atoms with Crippen LogP contribution in [0.1, 0.15) is 12.2 Å². The molecule has 0 saturated carbocycles. The maximum absolute atomic E-state index is 11.6. The van der Waals surface area contributed by atoms with E-state index in [0.717, 1.165) is 0 Å². The number of aryl methyl sites for hydroxylation is 1. The van der Waals surface area contributed by atoms with Crippen molar-refractivity contribution in [1.29, 1.82) is 0 Å². The minimum absolute atomic E-state index is 0.0588. The summed E-state index contributed by atoms with van der Waals surface area (Å²) < 4.78 is 1.62. The summed E-state index contributed by atoms with van der Waals surface area (Å²) in [6.07, 6.45) is 2.51. The van der Waals surface area contributed by atoms with Crippen LogP contribution in [0.25, 0.3) is 0 Å². The summed E-state index contributed by atoms with van der Waals surface area (Å²) in [5, 5.41) is 9.52.